The third kappa shape index (κ3) is 2.89. The number of hydrogen-bond donors (Lipinski definition) is 2. The quantitative estimate of drug-likeness (QED) is 0.550. The minimum Gasteiger partial charge on any atom is -0.496 e. The Hall–Kier alpha value is -3.42. The second kappa shape index (κ2) is 6.37. The SMILES string of the molecule is COc1ccccc1CNc1cc2nc[nH]c(=O)c2cc1[N+](=O)[O-]. The number of nitrogens with one attached hydrogen (secondary N) is 2. The summed E-state index contributed by atoms with van der Waals surface area (Å²) in [5, 5.41) is 14.5. The highest BCUT2D eigenvalue weighted by molar-refractivity contribution is 5.86. The van der Waals surface area contributed by atoms with Crippen LogP contribution in [-0.4, -0.2) is 22.0 Å². The molecule has 8 nitrogen and oxygen atoms in total. The van der Waals surface area contributed by atoms with Gasteiger partial charge in [-0.2, -0.15) is 0 Å². The summed E-state index contributed by atoms with van der Waals surface area (Å²) in [6.07, 6.45) is 1.26. The van der Waals surface area contributed by atoms with Crippen molar-refractivity contribution < 1.29 is 9.66 Å². The molecule has 1 aromatic heterocycles. The van der Waals surface area contributed by atoms with Gasteiger partial charge in [-0.05, 0) is 12.1 Å². The van der Waals surface area contributed by atoms with E-state index in [0.717, 1.165) is 5.56 Å². The molecule has 2 aromatic carbocycles. The molecule has 0 aliphatic heterocycles. The normalized spacial score (nSPS) is 10.5. The van der Waals surface area contributed by atoms with Crippen LogP contribution in [0.5, 0.6) is 5.75 Å². The summed E-state index contributed by atoms with van der Waals surface area (Å²) >= 11 is 0. The molecule has 3 rings (SSSR count). The maximum atomic E-state index is 11.8. The number of rotatable bonds is 5. The van der Waals surface area contributed by atoms with E-state index in [9.17, 15) is 14.9 Å². The number of benzene rings is 2. The molecule has 122 valence electrons. The third-order valence-electron chi connectivity index (χ3n) is 3.62. The fourth-order valence-corrected chi connectivity index (χ4v) is 2.44. The number of ether oxygens (including phenoxy) is 1. The number of hydrogen-bond acceptors (Lipinski definition) is 6. The van der Waals surface area contributed by atoms with E-state index in [4.69, 9.17) is 4.74 Å². The Morgan fingerprint density at radius 1 is 1.33 bits per heavy atom. The molecule has 0 unspecified atom stereocenters. The van der Waals surface area contributed by atoms with Crippen LogP contribution in [0, 0.1) is 10.1 Å². The van der Waals surface area contributed by atoms with E-state index in [1.54, 1.807) is 7.11 Å². The molecule has 0 saturated carbocycles. The van der Waals surface area contributed by atoms with Crippen molar-refractivity contribution in [1.82, 2.24) is 9.97 Å². The molecule has 8 heteroatoms. The fourth-order valence-electron chi connectivity index (χ4n) is 2.44. The number of para-hydroxylation sites is 1. The molecule has 2 N–H and O–H groups in total. The summed E-state index contributed by atoms with van der Waals surface area (Å²) in [5.41, 5.74) is 0.923. The van der Waals surface area contributed by atoms with Gasteiger partial charge in [0, 0.05) is 18.2 Å². The lowest BCUT2D eigenvalue weighted by molar-refractivity contribution is -0.383. The van der Waals surface area contributed by atoms with Gasteiger partial charge in [0.05, 0.1) is 29.3 Å². The third-order valence-corrected chi connectivity index (χ3v) is 3.62. The van der Waals surface area contributed by atoms with E-state index < -0.39 is 10.5 Å². The summed E-state index contributed by atoms with van der Waals surface area (Å²) in [4.78, 5) is 29.0. The largest absolute Gasteiger partial charge is 0.496 e. The zero-order valence-corrected chi connectivity index (χ0v) is 12.8. The van der Waals surface area contributed by atoms with Crippen molar-refractivity contribution in [3.63, 3.8) is 0 Å². The number of nitrogens with zero attached hydrogens (tertiary/aromatic N) is 2. The fraction of sp³-hybridized carbons (Fsp3) is 0.125. The van der Waals surface area contributed by atoms with Crippen LogP contribution in [0.25, 0.3) is 10.9 Å². The molecule has 3 aromatic rings. The van der Waals surface area contributed by atoms with Crippen molar-refractivity contribution >= 4 is 22.3 Å². The molecule has 0 saturated heterocycles. The standard InChI is InChI=1S/C16H14N4O4/c1-24-15-5-3-2-4-10(15)8-17-13-7-12-11(6-14(13)20(22)23)16(21)19-9-18-12/h2-7,9,17H,8H2,1H3,(H,18,19,21). The summed E-state index contributed by atoms with van der Waals surface area (Å²) in [6.45, 7) is 0.333. The summed E-state index contributed by atoms with van der Waals surface area (Å²) < 4.78 is 5.27. The lowest BCUT2D eigenvalue weighted by atomic mass is 10.1. The van der Waals surface area contributed by atoms with Crippen molar-refractivity contribution in [2.75, 3.05) is 12.4 Å². The molecule has 1 heterocycles. The minimum atomic E-state index is -0.531. The summed E-state index contributed by atoms with van der Waals surface area (Å²) in [5.74, 6) is 0.683. The van der Waals surface area contributed by atoms with Gasteiger partial charge in [0.2, 0.25) is 0 Å². The average molecular weight is 326 g/mol. The first kappa shape index (κ1) is 15.5. The number of methoxy groups -OCH3 is 1. The Bertz CT molecular complexity index is 968. The topological polar surface area (TPSA) is 110 Å². The first-order valence-electron chi connectivity index (χ1n) is 7.11. The molecule has 0 fully saturated rings. The molecule has 0 spiro atoms. The first-order chi connectivity index (χ1) is 11.6. The van der Waals surface area contributed by atoms with Crippen LogP contribution in [0.4, 0.5) is 11.4 Å². The number of nitro groups is 1. The van der Waals surface area contributed by atoms with E-state index in [-0.39, 0.29) is 16.8 Å². The van der Waals surface area contributed by atoms with Crippen LogP contribution in [0.15, 0.2) is 47.5 Å². The summed E-state index contributed by atoms with van der Waals surface area (Å²) in [7, 11) is 1.56. The van der Waals surface area contributed by atoms with E-state index >= 15 is 0 Å². The number of fused-ring (bicyclic) bond motifs is 1. The Morgan fingerprint density at radius 2 is 2.12 bits per heavy atom. The van der Waals surface area contributed by atoms with Gasteiger partial charge in [-0.3, -0.25) is 14.9 Å². The Morgan fingerprint density at radius 3 is 2.88 bits per heavy atom. The van der Waals surface area contributed by atoms with E-state index in [1.807, 2.05) is 24.3 Å². The number of aromatic amines is 1. The smallest absolute Gasteiger partial charge is 0.293 e. The Balaban J connectivity index is 2.00. The molecule has 0 bridgehead atoms. The molecule has 0 amide bonds. The molecule has 0 atom stereocenters. The van der Waals surface area contributed by atoms with Crippen LogP contribution in [-0.2, 0) is 6.54 Å². The molecular weight excluding hydrogens is 312 g/mol. The van der Waals surface area contributed by atoms with E-state index in [1.165, 1.54) is 18.5 Å². The number of anilines is 1. The predicted molar refractivity (Wildman–Crippen MR) is 89.3 cm³/mol. The lowest BCUT2D eigenvalue weighted by Gasteiger charge is -2.11. The zero-order valence-electron chi connectivity index (χ0n) is 12.8. The molecule has 0 aliphatic carbocycles. The van der Waals surface area contributed by atoms with Gasteiger partial charge in [0.1, 0.15) is 11.4 Å². The van der Waals surface area contributed by atoms with Crippen molar-refractivity contribution in [3.8, 4) is 5.75 Å². The number of H-pyrrole nitrogens is 1. The van der Waals surface area contributed by atoms with Gasteiger partial charge in [-0.15, -0.1) is 0 Å². The van der Waals surface area contributed by atoms with Crippen LogP contribution < -0.4 is 15.6 Å². The van der Waals surface area contributed by atoms with Crippen molar-refractivity contribution in [1.29, 1.82) is 0 Å². The minimum absolute atomic E-state index is 0.173. The van der Waals surface area contributed by atoms with Crippen molar-refractivity contribution in [3.05, 3.63) is 68.8 Å². The van der Waals surface area contributed by atoms with E-state index in [2.05, 4.69) is 15.3 Å². The van der Waals surface area contributed by atoms with Crippen LogP contribution in [0.1, 0.15) is 5.56 Å². The summed E-state index contributed by atoms with van der Waals surface area (Å²) in [6, 6.07) is 10.1. The highest BCUT2D eigenvalue weighted by Gasteiger charge is 2.17. The average Bonchev–Trinajstić information content (AvgIpc) is 2.59. The predicted octanol–water partition coefficient (Wildman–Crippen LogP) is 2.45. The maximum Gasteiger partial charge on any atom is 0.293 e. The molecular formula is C16H14N4O4. The van der Waals surface area contributed by atoms with Gasteiger partial charge in [0.25, 0.3) is 11.2 Å². The van der Waals surface area contributed by atoms with Gasteiger partial charge < -0.3 is 15.0 Å². The second-order valence-electron chi connectivity index (χ2n) is 5.04. The Labute approximate surface area is 136 Å². The van der Waals surface area contributed by atoms with E-state index in [0.29, 0.717) is 17.8 Å². The van der Waals surface area contributed by atoms with Gasteiger partial charge in [-0.25, -0.2) is 4.98 Å². The molecule has 0 radical (unpaired) electrons. The highest BCUT2D eigenvalue weighted by atomic mass is 16.6. The number of aromatic nitrogens is 2. The van der Waals surface area contributed by atoms with Crippen molar-refractivity contribution in [2.24, 2.45) is 0 Å². The van der Waals surface area contributed by atoms with Crippen molar-refractivity contribution in [2.45, 2.75) is 6.54 Å². The highest BCUT2D eigenvalue weighted by Crippen LogP contribution is 2.29. The second-order valence-corrected chi connectivity index (χ2v) is 5.04. The molecule has 0 aliphatic rings. The zero-order chi connectivity index (χ0) is 17.1. The lowest BCUT2D eigenvalue weighted by Crippen LogP contribution is -2.09. The maximum absolute atomic E-state index is 11.8. The van der Waals surface area contributed by atoms with Crippen LogP contribution >= 0.6 is 0 Å². The van der Waals surface area contributed by atoms with Gasteiger partial charge >= 0.3 is 0 Å². The van der Waals surface area contributed by atoms with Crippen LogP contribution in [0.3, 0.4) is 0 Å². The van der Waals surface area contributed by atoms with Crippen LogP contribution in [0.2, 0.25) is 0 Å². The van der Waals surface area contributed by atoms with Gasteiger partial charge in [0.15, 0.2) is 0 Å². The van der Waals surface area contributed by atoms with Gasteiger partial charge in [-0.1, -0.05) is 18.2 Å². The monoisotopic (exact) mass is 326 g/mol. The first-order valence-corrected chi connectivity index (χ1v) is 7.11. The Kier molecular flexibility index (Phi) is 4.11. The number of nitro benzene ring substituents is 1. The molecule has 24 heavy (non-hydrogen) atoms.